The lowest BCUT2D eigenvalue weighted by atomic mass is 9.76. The molecule has 2 fully saturated rings. The number of nitrogens with one attached hydrogen (secondary N) is 1. The molecule has 2 aliphatic heterocycles. The molecule has 2 aromatic carbocycles. The number of fused-ring (bicyclic) bond motifs is 5. The van der Waals surface area contributed by atoms with E-state index in [4.69, 9.17) is 4.74 Å². The van der Waals surface area contributed by atoms with Crippen LogP contribution in [0.15, 0.2) is 48.5 Å². The first-order valence-electron chi connectivity index (χ1n) is 11.9. The van der Waals surface area contributed by atoms with Gasteiger partial charge in [-0.2, -0.15) is 0 Å². The Labute approximate surface area is 193 Å². The maximum Gasteiger partial charge on any atom is 0.255 e. The number of carbonyl (C=O) groups excluding carboxylic acids is 2. The summed E-state index contributed by atoms with van der Waals surface area (Å²) in [5.41, 5.74) is 3.08. The van der Waals surface area contributed by atoms with Gasteiger partial charge < -0.3 is 19.5 Å². The summed E-state index contributed by atoms with van der Waals surface area (Å²) >= 11 is 0. The van der Waals surface area contributed by atoms with Gasteiger partial charge in [-0.3, -0.25) is 9.59 Å². The third-order valence-corrected chi connectivity index (χ3v) is 8.05. The van der Waals surface area contributed by atoms with Gasteiger partial charge in [-0.25, -0.2) is 0 Å². The first-order chi connectivity index (χ1) is 16.0. The normalized spacial score (nSPS) is 25.5. The van der Waals surface area contributed by atoms with E-state index in [2.05, 4.69) is 29.2 Å². The summed E-state index contributed by atoms with van der Waals surface area (Å²) < 4.78 is 5.35. The van der Waals surface area contributed by atoms with Gasteiger partial charge in [0.1, 0.15) is 12.3 Å². The summed E-state index contributed by atoms with van der Waals surface area (Å²) in [5.74, 6) is 0.863. The first-order valence-corrected chi connectivity index (χ1v) is 11.9. The van der Waals surface area contributed by atoms with Gasteiger partial charge in [-0.1, -0.05) is 43.2 Å². The summed E-state index contributed by atoms with van der Waals surface area (Å²) in [5, 5.41) is 1.12. The van der Waals surface area contributed by atoms with Crippen molar-refractivity contribution in [3.63, 3.8) is 0 Å². The topological polar surface area (TPSA) is 65.6 Å². The van der Waals surface area contributed by atoms with Crippen molar-refractivity contribution in [1.82, 2.24) is 14.8 Å². The molecule has 0 spiro atoms. The average Bonchev–Trinajstić information content (AvgIpc) is 3.51. The lowest BCUT2D eigenvalue weighted by molar-refractivity contribution is -0.168. The van der Waals surface area contributed by atoms with Crippen molar-refractivity contribution >= 4 is 22.7 Å². The Morgan fingerprint density at radius 3 is 2.48 bits per heavy atom. The van der Waals surface area contributed by atoms with Crippen LogP contribution in [-0.2, 0) is 15.1 Å². The second-order valence-electron chi connectivity index (χ2n) is 9.73. The molecule has 1 aliphatic carbocycles. The highest BCUT2D eigenvalue weighted by Crippen LogP contribution is 2.48. The van der Waals surface area contributed by atoms with Crippen LogP contribution in [0.25, 0.3) is 10.9 Å². The molecule has 1 N–H and O–H groups in total. The molecule has 170 valence electrons. The molecule has 6 rings (SSSR count). The molecule has 1 saturated heterocycles. The molecule has 6 nitrogen and oxygen atoms in total. The maximum absolute atomic E-state index is 14.1. The molecule has 1 aromatic heterocycles. The summed E-state index contributed by atoms with van der Waals surface area (Å²) in [7, 11) is 1.66. The summed E-state index contributed by atoms with van der Waals surface area (Å²) in [4.78, 5) is 34.9. The molecule has 33 heavy (non-hydrogen) atoms. The van der Waals surface area contributed by atoms with E-state index in [-0.39, 0.29) is 30.3 Å². The van der Waals surface area contributed by atoms with Crippen LogP contribution in [-0.4, -0.2) is 52.8 Å². The van der Waals surface area contributed by atoms with Crippen LogP contribution in [0.1, 0.15) is 55.3 Å². The molecule has 0 bridgehead atoms. The van der Waals surface area contributed by atoms with Crippen LogP contribution in [0.5, 0.6) is 5.75 Å². The number of benzene rings is 2. The van der Waals surface area contributed by atoms with Crippen LogP contribution in [0.3, 0.4) is 0 Å². The van der Waals surface area contributed by atoms with Crippen LogP contribution >= 0.6 is 0 Å². The van der Waals surface area contributed by atoms with Crippen LogP contribution in [0.4, 0.5) is 0 Å². The zero-order chi connectivity index (χ0) is 22.7. The Balaban J connectivity index is 1.54. The number of aromatic nitrogens is 1. The second kappa shape index (κ2) is 7.37. The summed E-state index contributed by atoms with van der Waals surface area (Å²) in [6.07, 6.45) is 4.23. The Morgan fingerprint density at radius 1 is 1.03 bits per heavy atom. The van der Waals surface area contributed by atoms with Crippen LogP contribution in [0.2, 0.25) is 0 Å². The van der Waals surface area contributed by atoms with E-state index in [0.717, 1.165) is 59.2 Å². The number of nitrogens with zero attached hydrogens (tertiary/aromatic N) is 2. The van der Waals surface area contributed by atoms with Crippen molar-refractivity contribution in [2.24, 2.45) is 0 Å². The van der Waals surface area contributed by atoms with Gasteiger partial charge in [0.15, 0.2) is 5.54 Å². The molecule has 3 aliphatic rings. The van der Waals surface area contributed by atoms with Crippen LogP contribution < -0.4 is 4.74 Å². The number of methoxy groups -OCH3 is 1. The molecule has 1 saturated carbocycles. The zero-order valence-electron chi connectivity index (χ0n) is 19.1. The van der Waals surface area contributed by atoms with Crippen molar-refractivity contribution in [2.45, 2.75) is 50.1 Å². The van der Waals surface area contributed by atoms with Gasteiger partial charge in [-0.15, -0.1) is 0 Å². The highest BCUT2D eigenvalue weighted by molar-refractivity contribution is 6.01. The molecule has 3 aromatic rings. The van der Waals surface area contributed by atoms with Gasteiger partial charge in [0.05, 0.1) is 12.8 Å². The van der Waals surface area contributed by atoms with E-state index in [1.807, 2.05) is 41.0 Å². The molecule has 2 amide bonds. The number of piperazine rings is 1. The molecule has 0 radical (unpaired) electrons. The third kappa shape index (κ3) is 2.86. The average molecular weight is 444 g/mol. The predicted octanol–water partition coefficient (Wildman–Crippen LogP) is 4.15. The first kappa shape index (κ1) is 20.3. The minimum absolute atomic E-state index is 0.0232. The van der Waals surface area contributed by atoms with E-state index in [1.54, 1.807) is 7.11 Å². The summed E-state index contributed by atoms with van der Waals surface area (Å²) in [6.45, 7) is 2.61. The molecular weight excluding hydrogens is 414 g/mol. The Kier molecular flexibility index (Phi) is 4.54. The number of hydrogen-bond acceptors (Lipinski definition) is 3. The quantitative estimate of drug-likeness (QED) is 0.661. The lowest BCUT2D eigenvalue weighted by Crippen LogP contribution is -2.68. The smallest absolute Gasteiger partial charge is 0.255 e. The molecule has 6 heteroatoms. The van der Waals surface area contributed by atoms with Gasteiger partial charge >= 0.3 is 0 Å². The van der Waals surface area contributed by atoms with E-state index in [9.17, 15) is 9.59 Å². The van der Waals surface area contributed by atoms with Crippen LogP contribution in [0, 0.1) is 0 Å². The standard InChI is InChI=1S/C27H29N3O3/c1-27-25-24(20-9-5-6-10-22(20)28-25)21(17-11-13-19(33-2)14-12-17)15-30(27)23(31)16-29(26(27)32)18-7-3-4-8-18/h5-6,9-14,18,21,28H,3-4,7-8,15-16H2,1-2H3/t21-,27+/m1/s1. The van der Waals surface area contributed by atoms with Crippen molar-refractivity contribution in [1.29, 1.82) is 0 Å². The third-order valence-electron chi connectivity index (χ3n) is 8.05. The number of rotatable bonds is 3. The Morgan fingerprint density at radius 2 is 1.76 bits per heavy atom. The highest BCUT2D eigenvalue weighted by atomic mass is 16.5. The maximum atomic E-state index is 14.1. The van der Waals surface area contributed by atoms with Crippen molar-refractivity contribution in [3.05, 3.63) is 65.4 Å². The molecule has 3 heterocycles. The molecular formula is C27H29N3O3. The molecule has 0 unspecified atom stereocenters. The van der Waals surface area contributed by atoms with E-state index < -0.39 is 5.54 Å². The minimum atomic E-state index is -1.02. The second-order valence-corrected chi connectivity index (χ2v) is 9.73. The van der Waals surface area contributed by atoms with Crippen molar-refractivity contribution < 1.29 is 14.3 Å². The number of amides is 2. The monoisotopic (exact) mass is 443 g/mol. The minimum Gasteiger partial charge on any atom is -0.497 e. The number of H-pyrrole nitrogens is 1. The fraction of sp³-hybridized carbons (Fsp3) is 0.407. The van der Waals surface area contributed by atoms with Gasteiger partial charge in [0.25, 0.3) is 5.91 Å². The highest BCUT2D eigenvalue weighted by Gasteiger charge is 2.57. The van der Waals surface area contributed by atoms with E-state index in [1.165, 1.54) is 0 Å². The van der Waals surface area contributed by atoms with Gasteiger partial charge in [-0.05, 0) is 49.1 Å². The fourth-order valence-corrected chi connectivity index (χ4v) is 6.28. The lowest BCUT2D eigenvalue weighted by Gasteiger charge is -2.52. The number of aromatic amines is 1. The van der Waals surface area contributed by atoms with E-state index in [0.29, 0.717) is 6.54 Å². The van der Waals surface area contributed by atoms with Crippen molar-refractivity contribution in [3.8, 4) is 5.75 Å². The van der Waals surface area contributed by atoms with Crippen molar-refractivity contribution in [2.75, 3.05) is 20.2 Å². The SMILES string of the molecule is COc1ccc([C@H]2CN3C(=O)CN(C4CCCC4)C(=O)[C@]3(C)c3[nH]c4ccccc4c32)cc1. The van der Waals surface area contributed by atoms with Gasteiger partial charge in [0.2, 0.25) is 5.91 Å². The number of hydrogen-bond donors (Lipinski definition) is 1. The molecule has 2 atom stereocenters. The number of carbonyl (C=O) groups is 2. The van der Waals surface area contributed by atoms with Gasteiger partial charge in [0, 0.05) is 29.4 Å². The Bertz CT molecular complexity index is 1240. The number of para-hydroxylation sites is 1. The number of ether oxygens (including phenoxy) is 1. The van der Waals surface area contributed by atoms with E-state index >= 15 is 0 Å². The predicted molar refractivity (Wildman–Crippen MR) is 126 cm³/mol. The Hall–Kier alpha value is -3.28. The fourth-order valence-electron chi connectivity index (χ4n) is 6.28. The summed E-state index contributed by atoms with van der Waals surface area (Å²) in [6, 6.07) is 16.4. The largest absolute Gasteiger partial charge is 0.497 e. The zero-order valence-corrected chi connectivity index (χ0v) is 19.1.